The van der Waals surface area contributed by atoms with E-state index in [9.17, 15) is 9.59 Å². The molecule has 2 heterocycles. The van der Waals surface area contributed by atoms with E-state index in [1.807, 2.05) is 23.6 Å². The number of nitrogens with zero attached hydrogens (tertiary/aromatic N) is 3. The summed E-state index contributed by atoms with van der Waals surface area (Å²) < 4.78 is 5.57. The van der Waals surface area contributed by atoms with Crippen molar-refractivity contribution in [3.05, 3.63) is 0 Å². The molecule has 1 N–H and O–H groups in total. The van der Waals surface area contributed by atoms with E-state index in [0.29, 0.717) is 18.4 Å². The van der Waals surface area contributed by atoms with Crippen molar-refractivity contribution in [2.45, 2.75) is 84.0 Å². The van der Waals surface area contributed by atoms with Gasteiger partial charge in [0.25, 0.3) is 0 Å². The maximum atomic E-state index is 12.9. The lowest BCUT2D eigenvalue weighted by molar-refractivity contribution is -0.142. The lowest BCUT2D eigenvalue weighted by atomic mass is 9.73. The Balaban J connectivity index is 1.46. The van der Waals surface area contributed by atoms with Gasteiger partial charge in [-0.1, -0.05) is 0 Å². The number of piperazine rings is 1. The summed E-state index contributed by atoms with van der Waals surface area (Å²) in [6.07, 6.45) is 5.49. The Morgan fingerprint density at radius 2 is 1.83 bits per heavy atom. The minimum Gasteiger partial charge on any atom is -0.447 e. The fourth-order valence-corrected chi connectivity index (χ4v) is 5.83. The molecule has 5 atom stereocenters. The van der Waals surface area contributed by atoms with Gasteiger partial charge >= 0.3 is 6.09 Å². The molecule has 0 aromatic heterocycles. The molecule has 29 heavy (non-hydrogen) atoms. The fourth-order valence-electron chi connectivity index (χ4n) is 5.83. The normalized spacial score (nSPS) is 35.7. The molecule has 7 heteroatoms. The molecule has 0 aromatic carbocycles. The lowest BCUT2D eigenvalue weighted by Gasteiger charge is -2.54. The molecule has 4 aliphatic rings. The number of hydrogen-bond acceptors (Lipinski definition) is 5. The molecular formula is C22H38N4O3. The summed E-state index contributed by atoms with van der Waals surface area (Å²) in [7, 11) is 0. The highest BCUT2D eigenvalue weighted by atomic mass is 16.6. The van der Waals surface area contributed by atoms with Crippen LogP contribution in [0, 0.1) is 17.8 Å². The molecule has 0 bridgehead atoms. The highest BCUT2D eigenvalue weighted by Crippen LogP contribution is 2.40. The zero-order chi connectivity index (χ0) is 20.7. The van der Waals surface area contributed by atoms with Gasteiger partial charge in [-0.25, -0.2) is 9.80 Å². The van der Waals surface area contributed by atoms with Gasteiger partial charge in [0, 0.05) is 39.1 Å². The van der Waals surface area contributed by atoms with Gasteiger partial charge < -0.3 is 14.5 Å². The Morgan fingerprint density at radius 3 is 2.48 bits per heavy atom. The van der Waals surface area contributed by atoms with E-state index in [2.05, 4.69) is 17.4 Å². The van der Waals surface area contributed by atoms with Crippen LogP contribution in [0.2, 0.25) is 0 Å². The zero-order valence-corrected chi connectivity index (χ0v) is 18.5. The Kier molecular flexibility index (Phi) is 6.07. The van der Waals surface area contributed by atoms with Crippen molar-refractivity contribution in [2.75, 3.05) is 26.2 Å². The molecule has 2 amide bonds. The number of carbonyl (C=O) groups excluding carboxylic acids is 2. The van der Waals surface area contributed by atoms with Crippen LogP contribution in [0.5, 0.6) is 0 Å². The summed E-state index contributed by atoms with van der Waals surface area (Å²) in [6, 6.07) is 0.217. The Bertz CT molecular complexity index is 623. The van der Waals surface area contributed by atoms with Gasteiger partial charge in [-0.05, 0) is 70.6 Å². The first-order valence-electron chi connectivity index (χ1n) is 11.6. The summed E-state index contributed by atoms with van der Waals surface area (Å²) in [5.74, 6) is 2.23. The van der Waals surface area contributed by atoms with Gasteiger partial charge in [-0.2, -0.15) is 0 Å². The van der Waals surface area contributed by atoms with Crippen LogP contribution in [-0.2, 0) is 9.53 Å². The van der Waals surface area contributed by atoms with Crippen molar-refractivity contribution in [3.63, 3.8) is 0 Å². The number of carbonyl (C=O) groups is 2. The lowest BCUT2D eigenvalue weighted by Crippen LogP contribution is -2.67. The van der Waals surface area contributed by atoms with Crippen LogP contribution in [0.25, 0.3) is 0 Å². The molecule has 2 aliphatic carbocycles. The molecule has 0 spiro atoms. The molecule has 164 valence electrons. The molecule has 2 aliphatic heterocycles. The van der Waals surface area contributed by atoms with Crippen LogP contribution in [0.1, 0.15) is 59.8 Å². The first-order chi connectivity index (χ1) is 13.8. The van der Waals surface area contributed by atoms with Gasteiger partial charge in [0.2, 0.25) is 5.91 Å². The molecule has 4 rings (SSSR count). The summed E-state index contributed by atoms with van der Waals surface area (Å²) in [5.41, 5.74) is 3.61. The number of hydrazine groups is 1. The molecule has 0 aromatic rings. The maximum absolute atomic E-state index is 12.9. The summed E-state index contributed by atoms with van der Waals surface area (Å²) >= 11 is 0. The van der Waals surface area contributed by atoms with Crippen molar-refractivity contribution >= 4 is 12.0 Å². The fraction of sp³-hybridized carbons (Fsp3) is 0.909. The average Bonchev–Trinajstić information content (AvgIpc) is 3.34. The van der Waals surface area contributed by atoms with Gasteiger partial charge in [0.05, 0.1) is 18.2 Å². The Morgan fingerprint density at radius 1 is 1.07 bits per heavy atom. The van der Waals surface area contributed by atoms with E-state index in [1.165, 1.54) is 19.4 Å². The van der Waals surface area contributed by atoms with Crippen LogP contribution < -0.4 is 5.43 Å². The van der Waals surface area contributed by atoms with Crippen LogP contribution >= 0.6 is 0 Å². The molecular weight excluding hydrogens is 368 g/mol. The highest BCUT2D eigenvalue weighted by molar-refractivity contribution is 5.75. The Hall–Kier alpha value is -1.34. The molecule has 7 nitrogen and oxygen atoms in total. The standard InChI is InChI=1S/C22H38N4O3/c1-14(2)29-22(28)25-11-15(3)26(16(4)27)20-8-7-18(9-21(20)25)19-10-23-24(13-19)12-17-5-6-17/h14-15,17-21,23H,5-13H2,1-4H3/t15-,18?,19?,20?,21?/m0/s1. The van der Waals surface area contributed by atoms with Crippen molar-refractivity contribution < 1.29 is 14.3 Å². The molecule has 4 fully saturated rings. The third-order valence-electron chi connectivity index (χ3n) is 7.32. The quantitative estimate of drug-likeness (QED) is 0.777. The topological polar surface area (TPSA) is 65.1 Å². The number of hydrogen-bond donors (Lipinski definition) is 1. The minimum atomic E-state index is -0.217. The summed E-state index contributed by atoms with van der Waals surface area (Å²) in [6.45, 7) is 11.4. The van der Waals surface area contributed by atoms with Crippen molar-refractivity contribution in [1.29, 1.82) is 0 Å². The van der Waals surface area contributed by atoms with E-state index in [4.69, 9.17) is 4.74 Å². The van der Waals surface area contributed by atoms with Crippen LogP contribution in [0.15, 0.2) is 0 Å². The first kappa shape index (κ1) is 20.9. The summed E-state index contributed by atoms with van der Waals surface area (Å²) in [4.78, 5) is 29.2. The third kappa shape index (κ3) is 4.55. The van der Waals surface area contributed by atoms with Crippen molar-refractivity contribution in [2.24, 2.45) is 17.8 Å². The molecule has 2 saturated carbocycles. The molecule has 4 unspecified atom stereocenters. The van der Waals surface area contributed by atoms with E-state index < -0.39 is 0 Å². The number of ether oxygens (including phenoxy) is 1. The van der Waals surface area contributed by atoms with E-state index in [-0.39, 0.29) is 36.2 Å². The first-order valence-corrected chi connectivity index (χ1v) is 11.6. The van der Waals surface area contributed by atoms with Gasteiger partial charge in [-0.15, -0.1) is 0 Å². The Labute approximate surface area is 175 Å². The predicted octanol–water partition coefficient (Wildman–Crippen LogP) is 2.47. The van der Waals surface area contributed by atoms with Gasteiger partial charge in [0.1, 0.15) is 0 Å². The maximum Gasteiger partial charge on any atom is 0.410 e. The number of amides is 2. The van der Waals surface area contributed by atoms with E-state index in [0.717, 1.165) is 38.3 Å². The average molecular weight is 407 g/mol. The van der Waals surface area contributed by atoms with E-state index in [1.54, 1.807) is 6.92 Å². The largest absolute Gasteiger partial charge is 0.447 e. The second kappa shape index (κ2) is 8.42. The number of rotatable bonds is 4. The number of nitrogens with one attached hydrogen (secondary N) is 1. The van der Waals surface area contributed by atoms with Crippen LogP contribution in [0.4, 0.5) is 4.79 Å². The van der Waals surface area contributed by atoms with Crippen LogP contribution in [-0.4, -0.2) is 77.2 Å². The molecule has 2 saturated heterocycles. The smallest absolute Gasteiger partial charge is 0.410 e. The predicted molar refractivity (Wildman–Crippen MR) is 111 cm³/mol. The highest BCUT2D eigenvalue weighted by Gasteiger charge is 2.48. The van der Waals surface area contributed by atoms with Crippen molar-refractivity contribution in [3.8, 4) is 0 Å². The zero-order valence-electron chi connectivity index (χ0n) is 18.5. The van der Waals surface area contributed by atoms with Crippen molar-refractivity contribution in [1.82, 2.24) is 20.2 Å². The SMILES string of the molecule is CC(=O)N1C2CCC(C3CNN(CC4CC4)C3)CC2N(C(=O)OC(C)C)C[C@@H]1C. The van der Waals surface area contributed by atoms with E-state index >= 15 is 0 Å². The monoisotopic (exact) mass is 406 g/mol. The second-order valence-corrected chi connectivity index (χ2v) is 10.0. The third-order valence-corrected chi connectivity index (χ3v) is 7.32. The second-order valence-electron chi connectivity index (χ2n) is 10.0. The van der Waals surface area contributed by atoms with Gasteiger partial charge in [0.15, 0.2) is 0 Å². The van der Waals surface area contributed by atoms with Crippen LogP contribution in [0.3, 0.4) is 0 Å². The summed E-state index contributed by atoms with van der Waals surface area (Å²) in [5, 5.41) is 2.42. The number of fused-ring (bicyclic) bond motifs is 1. The van der Waals surface area contributed by atoms with Gasteiger partial charge in [-0.3, -0.25) is 10.2 Å². The molecule has 0 radical (unpaired) electrons. The minimum absolute atomic E-state index is 0.0344.